The van der Waals surface area contributed by atoms with Gasteiger partial charge in [0.25, 0.3) is 0 Å². The predicted octanol–water partition coefficient (Wildman–Crippen LogP) is 4.00. The fourth-order valence-corrected chi connectivity index (χ4v) is 3.80. The van der Waals surface area contributed by atoms with Crippen molar-refractivity contribution in [3.63, 3.8) is 0 Å². The number of hydrogen-bond acceptors (Lipinski definition) is 4. The first kappa shape index (κ1) is 19.8. The molecule has 29 heavy (non-hydrogen) atoms. The Morgan fingerprint density at radius 2 is 1.93 bits per heavy atom. The zero-order chi connectivity index (χ0) is 20.2. The molecule has 0 spiro atoms. The van der Waals surface area contributed by atoms with E-state index in [-0.39, 0.29) is 6.10 Å². The third-order valence-electron chi connectivity index (χ3n) is 5.29. The van der Waals surface area contributed by atoms with E-state index in [2.05, 4.69) is 74.5 Å². The van der Waals surface area contributed by atoms with Crippen LogP contribution in [0.5, 0.6) is 0 Å². The molecule has 4 rings (SSSR count). The molecule has 5 heteroatoms. The summed E-state index contributed by atoms with van der Waals surface area (Å²) in [5.41, 5.74) is 6.94. The minimum atomic E-state index is 0.128. The molecule has 0 saturated carbocycles. The van der Waals surface area contributed by atoms with Gasteiger partial charge in [0.2, 0.25) is 0 Å². The van der Waals surface area contributed by atoms with Crippen LogP contribution in [-0.4, -0.2) is 54.2 Å². The number of aryl methyl sites for hydroxylation is 2. The van der Waals surface area contributed by atoms with Gasteiger partial charge in [0.15, 0.2) is 0 Å². The van der Waals surface area contributed by atoms with Gasteiger partial charge in [-0.25, -0.2) is 4.68 Å². The zero-order valence-corrected chi connectivity index (χ0v) is 17.5. The lowest BCUT2D eigenvalue weighted by molar-refractivity contribution is -0.0962. The highest BCUT2D eigenvalue weighted by atomic mass is 16.6. The second-order valence-corrected chi connectivity index (χ2v) is 7.87. The van der Waals surface area contributed by atoms with Gasteiger partial charge < -0.3 is 9.47 Å². The van der Waals surface area contributed by atoms with Crippen LogP contribution in [0.2, 0.25) is 0 Å². The van der Waals surface area contributed by atoms with E-state index in [9.17, 15) is 0 Å². The molecule has 1 fully saturated rings. The monoisotopic (exact) mass is 391 g/mol. The first-order valence-electron chi connectivity index (χ1n) is 10.2. The summed E-state index contributed by atoms with van der Waals surface area (Å²) >= 11 is 0. The summed E-state index contributed by atoms with van der Waals surface area (Å²) in [5.74, 6) is 0. The van der Waals surface area contributed by atoms with E-state index >= 15 is 0 Å². The SMILES string of the molecule is Cc1ccc(C)c(-n2cc(CN(C)CC3COCCO3)c(-c3ccccc3)n2)c1. The summed E-state index contributed by atoms with van der Waals surface area (Å²) in [6.07, 6.45) is 2.29. The molecule has 1 atom stereocenters. The maximum absolute atomic E-state index is 5.82. The van der Waals surface area contributed by atoms with E-state index < -0.39 is 0 Å². The molecule has 2 aromatic carbocycles. The molecule has 0 aliphatic carbocycles. The van der Waals surface area contributed by atoms with Crippen molar-refractivity contribution in [3.8, 4) is 16.9 Å². The number of likely N-dealkylation sites (N-methyl/N-ethyl adjacent to an activating group) is 1. The third-order valence-corrected chi connectivity index (χ3v) is 5.29. The van der Waals surface area contributed by atoms with Gasteiger partial charge in [0, 0.05) is 30.4 Å². The van der Waals surface area contributed by atoms with Crippen LogP contribution in [0.3, 0.4) is 0 Å². The molecule has 0 radical (unpaired) electrons. The van der Waals surface area contributed by atoms with E-state index in [1.165, 1.54) is 16.7 Å². The molecular weight excluding hydrogens is 362 g/mol. The zero-order valence-electron chi connectivity index (χ0n) is 17.5. The van der Waals surface area contributed by atoms with Crippen molar-refractivity contribution in [2.45, 2.75) is 26.5 Å². The van der Waals surface area contributed by atoms with E-state index in [1.807, 2.05) is 10.7 Å². The van der Waals surface area contributed by atoms with Crippen LogP contribution in [0.1, 0.15) is 16.7 Å². The van der Waals surface area contributed by atoms with Gasteiger partial charge in [-0.2, -0.15) is 5.10 Å². The van der Waals surface area contributed by atoms with Gasteiger partial charge in [-0.15, -0.1) is 0 Å². The Morgan fingerprint density at radius 3 is 2.69 bits per heavy atom. The lowest BCUT2D eigenvalue weighted by Crippen LogP contribution is -2.38. The smallest absolute Gasteiger partial charge is 0.0972 e. The Balaban J connectivity index is 1.64. The second-order valence-electron chi connectivity index (χ2n) is 7.87. The summed E-state index contributed by atoms with van der Waals surface area (Å²) in [6, 6.07) is 16.9. The molecule has 0 N–H and O–H groups in total. The minimum absolute atomic E-state index is 0.128. The Hall–Kier alpha value is -2.47. The number of aromatic nitrogens is 2. The normalized spacial score (nSPS) is 17.0. The van der Waals surface area contributed by atoms with Gasteiger partial charge in [0.05, 0.1) is 37.3 Å². The first-order chi connectivity index (χ1) is 14.1. The Bertz CT molecular complexity index is 946. The highest BCUT2D eigenvalue weighted by Gasteiger charge is 2.19. The summed E-state index contributed by atoms with van der Waals surface area (Å²) in [5, 5.41) is 4.99. The number of ether oxygens (including phenoxy) is 2. The highest BCUT2D eigenvalue weighted by molar-refractivity contribution is 5.63. The molecule has 1 aromatic heterocycles. The lowest BCUT2D eigenvalue weighted by atomic mass is 10.1. The van der Waals surface area contributed by atoms with Crippen molar-refractivity contribution in [1.82, 2.24) is 14.7 Å². The van der Waals surface area contributed by atoms with Crippen molar-refractivity contribution < 1.29 is 9.47 Å². The molecule has 152 valence electrons. The molecule has 1 aliphatic heterocycles. The molecule has 0 amide bonds. The van der Waals surface area contributed by atoms with Crippen molar-refractivity contribution in [1.29, 1.82) is 0 Å². The summed E-state index contributed by atoms with van der Waals surface area (Å²) in [4.78, 5) is 2.29. The fraction of sp³-hybridized carbons (Fsp3) is 0.375. The number of benzene rings is 2. The predicted molar refractivity (Wildman–Crippen MR) is 115 cm³/mol. The summed E-state index contributed by atoms with van der Waals surface area (Å²) < 4.78 is 13.4. The molecule has 5 nitrogen and oxygen atoms in total. The van der Waals surface area contributed by atoms with Crippen molar-refractivity contribution in [2.24, 2.45) is 0 Å². The van der Waals surface area contributed by atoms with Crippen LogP contribution in [0, 0.1) is 13.8 Å². The maximum Gasteiger partial charge on any atom is 0.0972 e. The molecule has 3 aromatic rings. The standard InChI is InChI=1S/C24H29N3O2/c1-18-9-10-19(2)23(13-18)27-15-21(24(25-27)20-7-5-4-6-8-20)14-26(3)16-22-17-28-11-12-29-22/h4-10,13,15,22H,11-12,14,16-17H2,1-3H3. The Labute approximate surface area is 172 Å². The van der Waals surface area contributed by atoms with Crippen LogP contribution in [0.25, 0.3) is 16.9 Å². The lowest BCUT2D eigenvalue weighted by Gasteiger charge is -2.27. The third kappa shape index (κ3) is 4.75. The largest absolute Gasteiger partial charge is 0.376 e. The van der Waals surface area contributed by atoms with Gasteiger partial charge in [-0.05, 0) is 38.1 Å². The number of hydrogen-bond donors (Lipinski definition) is 0. The maximum atomic E-state index is 5.82. The van der Waals surface area contributed by atoms with Crippen molar-refractivity contribution >= 4 is 0 Å². The summed E-state index contributed by atoms with van der Waals surface area (Å²) in [6.45, 7) is 7.92. The van der Waals surface area contributed by atoms with E-state index in [0.29, 0.717) is 19.8 Å². The second kappa shape index (κ2) is 8.91. The van der Waals surface area contributed by atoms with Crippen LogP contribution in [0.15, 0.2) is 54.7 Å². The first-order valence-corrected chi connectivity index (χ1v) is 10.2. The molecule has 0 bridgehead atoms. The molecule has 1 unspecified atom stereocenters. The topological polar surface area (TPSA) is 39.5 Å². The van der Waals surface area contributed by atoms with Crippen LogP contribution in [-0.2, 0) is 16.0 Å². The molecule has 2 heterocycles. The Kier molecular flexibility index (Phi) is 6.09. The van der Waals surface area contributed by atoms with Crippen LogP contribution < -0.4 is 0 Å². The van der Waals surface area contributed by atoms with Crippen molar-refractivity contribution in [2.75, 3.05) is 33.4 Å². The average Bonchev–Trinajstić information content (AvgIpc) is 3.14. The molecule has 1 aliphatic rings. The summed E-state index contributed by atoms with van der Waals surface area (Å²) in [7, 11) is 2.13. The van der Waals surface area contributed by atoms with Crippen molar-refractivity contribution in [3.05, 3.63) is 71.4 Å². The number of rotatable bonds is 6. The van der Waals surface area contributed by atoms with Gasteiger partial charge >= 0.3 is 0 Å². The molecule has 1 saturated heterocycles. The molecular formula is C24H29N3O2. The van der Waals surface area contributed by atoms with E-state index in [1.54, 1.807) is 0 Å². The quantitative estimate of drug-likeness (QED) is 0.637. The van der Waals surface area contributed by atoms with E-state index in [0.717, 1.165) is 30.0 Å². The fourth-order valence-electron chi connectivity index (χ4n) is 3.80. The highest BCUT2D eigenvalue weighted by Crippen LogP contribution is 2.26. The van der Waals surface area contributed by atoms with Gasteiger partial charge in [-0.3, -0.25) is 4.90 Å². The van der Waals surface area contributed by atoms with Gasteiger partial charge in [0.1, 0.15) is 0 Å². The van der Waals surface area contributed by atoms with Gasteiger partial charge in [-0.1, -0.05) is 42.5 Å². The van der Waals surface area contributed by atoms with Crippen LogP contribution in [0.4, 0.5) is 0 Å². The minimum Gasteiger partial charge on any atom is -0.376 e. The average molecular weight is 392 g/mol. The van der Waals surface area contributed by atoms with Crippen LogP contribution >= 0.6 is 0 Å². The Morgan fingerprint density at radius 1 is 1.10 bits per heavy atom. The van der Waals surface area contributed by atoms with E-state index in [4.69, 9.17) is 14.6 Å². The number of nitrogens with zero attached hydrogens (tertiary/aromatic N) is 3.